The highest BCUT2D eigenvalue weighted by Gasteiger charge is 2.24. The molecule has 0 aliphatic carbocycles. The molecule has 1 aliphatic rings. The fourth-order valence-electron chi connectivity index (χ4n) is 3.10. The summed E-state index contributed by atoms with van der Waals surface area (Å²) in [5.74, 6) is -0.836. The molecule has 2 aromatic heterocycles. The number of para-hydroxylation sites is 1. The number of anilines is 3. The van der Waals surface area contributed by atoms with Crippen molar-refractivity contribution in [3.05, 3.63) is 54.2 Å². The van der Waals surface area contributed by atoms with Crippen LogP contribution in [-0.2, 0) is 6.54 Å². The van der Waals surface area contributed by atoms with Crippen molar-refractivity contribution in [3.63, 3.8) is 0 Å². The van der Waals surface area contributed by atoms with Crippen LogP contribution in [0.3, 0.4) is 0 Å². The molecule has 8 nitrogen and oxygen atoms in total. The highest BCUT2D eigenvalue weighted by molar-refractivity contribution is 5.99. The molecule has 0 radical (unpaired) electrons. The fraction of sp³-hybridized carbons (Fsp3) is 0.167. The summed E-state index contributed by atoms with van der Waals surface area (Å²) in [7, 11) is 1.95. The number of hydrogen-bond acceptors (Lipinski definition) is 7. The first-order valence-corrected chi connectivity index (χ1v) is 7.88. The molecular formula is C18H17N7O. The Hall–Kier alpha value is -3.55. The highest BCUT2D eigenvalue weighted by atomic mass is 16.1. The first kappa shape index (κ1) is 12.8. The number of nitrogens with one attached hydrogen (secondary N) is 2. The Balaban J connectivity index is 1.74. The molecule has 3 heterocycles. The molecule has 0 saturated heterocycles. The smallest absolute Gasteiger partial charge is 0.273 e. The normalized spacial score (nSPS) is 14.3. The summed E-state index contributed by atoms with van der Waals surface area (Å²) in [5, 5.41) is 12.7. The number of nitrogens with zero attached hydrogens (tertiary/aromatic N) is 5. The van der Waals surface area contributed by atoms with Gasteiger partial charge in [0.15, 0.2) is 5.69 Å². The number of amides is 1. The van der Waals surface area contributed by atoms with E-state index in [9.17, 15) is 4.79 Å². The van der Waals surface area contributed by atoms with Gasteiger partial charge in [-0.1, -0.05) is 12.1 Å². The van der Waals surface area contributed by atoms with Gasteiger partial charge in [0.2, 0.25) is 0 Å². The molecule has 0 spiro atoms. The summed E-state index contributed by atoms with van der Waals surface area (Å²) in [4.78, 5) is 22.9. The molecule has 3 aromatic rings. The standard InChI is InChI=1S/C18H17N7O/c1-19-18(26)16-13(6-7-22-24-16)23-14-5-3-4-12-15-11(8-20-10-21-15)9-25(2)17(12)14/h3-8,10H,9H2,1-2H3,(H,19,26)(H,22,23)/i1D3. The van der Waals surface area contributed by atoms with Gasteiger partial charge in [0.05, 0.1) is 29.0 Å². The summed E-state index contributed by atoms with van der Waals surface area (Å²) in [6.45, 7) is -2.00. The third-order valence-corrected chi connectivity index (χ3v) is 4.19. The summed E-state index contributed by atoms with van der Waals surface area (Å²) in [6, 6.07) is 7.28. The van der Waals surface area contributed by atoms with Crippen LogP contribution in [0.15, 0.2) is 43.0 Å². The average molecular weight is 350 g/mol. The van der Waals surface area contributed by atoms with Gasteiger partial charge in [0.1, 0.15) is 6.33 Å². The largest absolute Gasteiger partial charge is 0.368 e. The van der Waals surface area contributed by atoms with Gasteiger partial charge in [-0.2, -0.15) is 5.10 Å². The lowest BCUT2D eigenvalue weighted by atomic mass is 9.98. The Bertz CT molecular complexity index is 1090. The third-order valence-electron chi connectivity index (χ3n) is 4.19. The van der Waals surface area contributed by atoms with Gasteiger partial charge in [-0.15, -0.1) is 5.10 Å². The lowest BCUT2D eigenvalue weighted by Gasteiger charge is -2.30. The van der Waals surface area contributed by atoms with E-state index in [-0.39, 0.29) is 5.69 Å². The van der Waals surface area contributed by atoms with Gasteiger partial charge >= 0.3 is 0 Å². The molecule has 0 saturated carbocycles. The number of hydrogen-bond donors (Lipinski definition) is 2. The second-order valence-corrected chi connectivity index (χ2v) is 5.83. The second-order valence-electron chi connectivity index (χ2n) is 5.83. The summed E-state index contributed by atoms with van der Waals surface area (Å²) >= 11 is 0. The van der Waals surface area contributed by atoms with Crippen molar-refractivity contribution in [2.24, 2.45) is 0 Å². The zero-order valence-corrected chi connectivity index (χ0v) is 13.9. The number of carbonyl (C=O) groups excluding carboxylic acids is 1. The lowest BCUT2D eigenvalue weighted by molar-refractivity contribution is 0.0958. The van der Waals surface area contributed by atoms with Crippen LogP contribution in [0.4, 0.5) is 17.1 Å². The zero-order valence-electron chi connectivity index (χ0n) is 16.9. The molecule has 1 aliphatic heterocycles. The Morgan fingerprint density at radius 1 is 1.31 bits per heavy atom. The molecule has 0 unspecified atom stereocenters. The molecule has 1 amide bonds. The van der Waals surface area contributed by atoms with Gasteiger partial charge in [0.25, 0.3) is 5.91 Å². The Kier molecular flexibility index (Phi) is 3.14. The number of benzene rings is 1. The first-order valence-electron chi connectivity index (χ1n) is 9.38. The minimum Gasteiger partial charge on any atom is -0.368 e. The fourth-order valence-corrected chi connectivity index (χ4v) is 3.10. The predicted octanol–water partition coefficient (Wildman–Crippen LogP) is 1.99. The van der Waals surface area contributed by atoms with Crippen LogP contribution in [0.1, 0.15) is 20.2 Å². The van der Waals surface area contributed by atoms with Crippen LogP contribution in [0.2, 0.25) is 0 Å². The van der Waals surface area contributed by atoms with Crippen LogP contribution in [0.25, 0.3) is 11.3 Å². The maximum Gasteiger partial charge on any atom is 0.273 e. The summed E-state index contributed by atoms with van der Waals surface area (Å²) in [6.07, 6.45) is 4.74. The van der Waals surface area contributed by atoms with E-state index < -0.39 is 12.9 Å². The predicted molar refractivity (Wildman–Crippen MR) is 98.3 cm³/mol. The van der Waals surface area contributed by atoms with Crippen molar-refractivity contribution in [2.75, 3.05) is 24.2 Å². The van der Waals surface area contributed by atoms with Crippen LogP contribution in [0.5, 0.6) is 0 Å². The Morgan fingerprint density at radius 3 is 3.12 bits per heavy atom. The van der Waals surface area contributed by atoms with Crippen molar-refractivity contribution >= 4 is 23.0 Å². The van der Waals surface area contributed by atoms with Gasteiger partial charge in [-0.3, -0.25) is 4.79 Å². The van der Waals surface area contributed by atoms with Crippen molar-refractivity contribution in [2.45, 2.75) is 6.54 Å². The molecule has 8 heteroatoms. The Morgan fingerprint density at radius 2 is 2.23 bits per heavy atom. The van der Waals surface area contributed by atoms with Crippen LogP contribution < -0.4 is 15.5 Å². The van der Waals surface area contributed by atoms with Gasteiger partial charge < -0.3 is 15.5 Å². The number of rotatable bonds is 3. The van der Waals surface area contributed by atoms with E-state index >= 15 is 0 Å². The van der Waals surface area contributed by atoms with E-state index in [0.29, 0.717) is 12.2 Å². The average Bonchev–Trinajstić information content (AvgIpc) is 2.67. The Labute approximate surface area is 154 Å². The number of carbonyl (C=O) groups is 1. The van der Waals surface area contributed by atoms with Gasteiger partial charge in [0, 0.05) is 42.0 Å². The van der Waals surface area contributed by atoms with Crippen LogP contribution in [-0.4, -0.2) is 40.1 Å². The monoisotopic (exact) mass is 350 g/mol. The molecule has 130 valence electrons. The molecule has 0 fully saturated rings. The van der Waals surface area contributed by atoms with Gasteiger partial charge in [-0.05, 0) is 12.1 Å². The maximum absolute atomic E-state index is 12.3. The van der Waals surface area contributed by atoms with E-state index in [1.54, 1.807) is 12.3 Å². The van der Waals surface area contributed by atoms with E-state index in [1.807, 2.05) is 30.6 Å². The highest BCUT2D eigenvalue weighted by Crippen LogP contribution is 2.42. The summed E-state index contributed by atoms with van der Waals surface area (Å²) < 4.78 is 21.7. The van der Waals surface area contributed by atoms with Crippen LogP contribution in [0, 0.1) is 0 Å². The number of fused-ring (bicyclic) bond motifs is 3. The second kappa shape index (κ2) is 6.40. The third kappa shape index (κ3) is 2.61. The van der Waals surface area contributed by atoms with E-state index in [4.69, 9.17) is 4.11 Å². The molecule has 1 aromatic carbocycles. The van der Waals surface area contributed by atoms with E-state index in [1.165, 1.54) is 12.5 Å². The molecule has 2 N–H and O–H groups in total. The van der Waals surface area contributed by atoms with Crippen molar-refractivity contribution in [1.82, 2.24) is 25.5 Å². The van der Waals surface area contributed by atoms with Crippen molar-refractivity contribution in [1.29, 1.82) is 0 Å². The minimum atomic E-state index is -2.62. The topological polar surface area (TPSA) is 95.9 Å². The quantitative estimate of drug-likeness (QED) is 0.746. The van der Waals surface area contributed by atoms with Crippen molar-refractivity contribution < 1.29 is 8.91 Å². The first-order chi connectivity index (χ1) is 13.8. The van der Waals surface area contributed by atoms with E-state index in [0.717, 1.165) is 28.2 Å². The minimum absolute atomic E-state index is 0.109. The van der Waals surface area contributed by atoms with Crippen molar-refractivity contribution in [3.8, 4) is 11.3 Å². The molecular weight excluding hydrogens is 330 g/mol. The van der Waals surface area contributed by atoms with Gasteiger partial charge in [-0.25, -0.2) is 9.97 Å². The zero-order chi connectivity index (χ0) is 20.6. The SMILES string of the molecule is [2H]C([2H])([2H])NC(=O)c1nnccc1Nc1cccc2c1N(C)Cc1cncnc1-2. The number of aromatic nitrogens is 4. The summed E-state index contributed by atoms with van der Waals surface area (Å²) in [5.41, 5.74) is 4.66. The molecule has 26 heavy (non-hydrogen) atoms. The molecule has 0 atom stereocenters. The van der Waals surface area contributed by atoms with Crippen LogP contribution >= 0.6 is 0 Å². The maximum atomic E-state index is 12.3. The lowest BCUT2D eigenvalue weighted by Crippen LogP contribution is -2.24. The molecule has 0 bridgehead atoms. The van der Waals surface area contributed by atoms with E-state index in [2.05, 4.69) is 30.4 Å². The molecule has 4 rings (SSSR count).